The third-order valence-corrected chi connectivity index (χ3v) is 12.3. The highest BCUT2D eigenvalue weighted by atomic mass is 32.1. The summed E-state index contributed by atoms with van der Waals surface area (Å²) in [6.07, 6.45) is 1.12. The quantitative estimate of drug-likeness (QED) is 0.0121. The van der Waals surface area contributed by atoms with Gasteiger partial charge in [-0.2, -0.15) is 37.9 Å². The van der Waals surface area contributed by atoms with Crippen LogP contribution in [0, 0.1) is 17.8 Å². The molecule has 0 saturated carbocycles. The van der Waals surface area contributed by atoms with E-state index in [-0.39, 0.29) is 86.9 Å². The molecule has 74 heavy (non-hydrogen) atoms. The lowest BCUT2D eigenvalue weighted by Gasteiger charge is -2.30. The first-order valence-corrected chi connectivity index (χ1v) is 26.0. The Kier molecular flexibility index (Phi) is 33.2. The summed E-state index contributed by atoms with van der Waals surface area (Å²) in [6, 6.07) is -11.5. The molecular formula is C43H82N18O10S3. The molecule has 0 aromatic carbocycles. The molecule has 0 radical (unpaired) electrons. The molecule has 10 atom stereocenters. The first-order valence-electron chi connectivity index (χ1n) is 24.1. The first-order chi connectivity index (χ1) is 34.6. The smallest absolute Gasteiger partial charge is 0.327 e. The Morgan fingerprint density at radius 3 is 1.08 bits per heavy atom. The fourth-order valence-corrected chi connectivity index (χ4v) is 7.40. The first kappa shape index (κ1) is 68.0. The molecule has 0 fully saturated rings. The van der Waals surface area contributed by atoms with Crippen LogP contribution in [0.25, 0.3) is 0 Å². The molecule has 422 valence electrons. The van der Waals surface area contributed by atoms with Gasteiger partial charge in [0, 0.05) is 36.9 Å². The van der Waals surface area contributed by atoms with E-state index in [1.165, 1.54) is 0 Å². The molecular weight excluding hydrogens is 1020 g/mol. The second-order valence-corrected chi connectivity index (χ2v) is 19.1. The molecule has 23 N–H and O–H groups in total. The maximum atomic E-state index is 14.2. The molecule has 0 bridgehead atoms. The van der Waals surface area contributed by atoms with E-state index in [4.69, 9.17) is 40.1 Å². The van der Waals surface area contributed by atoms with Crippen LogP contribution in [0.2, 0.25) is 0 Å². The van der Waals surface area contributed by atoms with E-state index >= 15 is 0 Å². The third kappa shape index (κ3) is 26.3. The van der Waals surface area contributed by atoms with Gasteiger partial charge in [0.05, 0.1) is 6.04 Å². The predicted molar refractivity (Wildman–Crippen MR) is 291 cm³/mol. The number of amides is 8. The number of guanidine groups is 3. The number of carboxylic acid groups (broad SMARTS) is 1. The highest BCUT2D eigenvalue weighted by Crippen LogP contribution is 2.12. The Morgan fingerprint density at radius 1 is 0.432 bits per heavy atom. The number of carboxylic acids is 1. The van der Waals surface area contributed by atoms with Crippen molar-refractivity contribution in [3.8, 4) is 0 Å². The van der Waals surface area contributed by atoms with Gasteiger partial charge in [-0.25, -0.2) is 4.79 Å². The van der Waals surface area contributed by atoms with Crippen molar-refractivity contribution >= 4 is 109 Å². The molecule has 0 unspecified atom stereocenters. The summed E-state index contributed by atoms with van der Waals surface area (Å²) < 4.78 is 0. The fourth-order valence-electron chi connectivity index (χ4n) is 6.64. The van der Waals surface area contributed by atoms with Gasteiger partial charge in [0.2, 0.25) is 47.3 Å². The fraction of sp³-hybridized carbons (Fsp3) is 0.721. The van der Waals surface area contributed by atoms with Crippen LogP contribution in [0.15, 0.2) is 15.0 Å². The van der Waals surface area contributed by atoms with Crippen molar-refractivity contribution in [3.63, 3.8) is 0 Å². The number of hydrogen-bond acceptors (Lipinski definition) is 16. The third-order valence-electron chi connectivity index (χ3n) is 11.2. The van der Waals surface area contributed by atoms with E-state index in [2.05, 4.69) is 95.4 Å². The van der Waals surface area contributed by atoms with Gasteiger partial charge in [0.15, 0.2) is 17.9 Å². The zero-order chi connectivity index (χ0) is 56.8. The second kappa shape index (κ2) is 36.1. The largest absolute Gasteiger partial charge is 0.480 e. The van der Waals surface area contributed by atoms with Crippen LogP contribution in [-0.2, 0) is 43.2 Å². The number of hydrogen-bond donors (Lipinski definition) is 19. The van der Waals surface area contributed by atoms with Gasteiger partial charge in [-0.1, -0.05) is 48.0 Å². The van der Waals surface area contributed by atoms with Gasteiger partial charge in [-0.3, -0.25) is 53.3 Å². The normalized spacial score (nSPS) is 15.1. The van der Waals surface area contributed by atoms with Crippen molar-refractivity contribution in [2.75, 3.05) is 36.9 Å². The van der Waals surface area contributed by atoms with Gasteiger partial charge in [-0.15, -0.1) is 0 Å². The molecule has 0 heterocycles. The number of nitrogens with two attached hydrogens (primary N) is 7. The van der Waals surface area contributed by atoms with E-state index in [0.717, 1.165) is 0 Å². The molecule has 0 aliphatic rings. The summed E-state index contributed by atoms with van der Waals surface area (Å²) in [5.74, 6) is -10.6. The molecule has 0 spiro atoms. The van der Waals surface area contributed by atoms with Crippen LogP contribution in [0.5, 0.6) is 0 Å². The van der Waals surface area contributed by atoms with Crippen molar-refractivity contribution < 1.29 is 48.3 Å². The van der Waals surface area contributed by atoms with E-state index < -0.39 is 125 Å². The molecule has 8 amide bonds. The van der Waals surface area contributed by atoms with E-state index in [0.29, 0.717) is 12.8 Å². The summed E-state index contributed by atoms with van der Waals surface area (Å²) in [5.41, 5.74) is 38.6. The van der Waals surface area contributed by atoms with E-state index in [9.17, 15) is 48.3 Å². The minimum absolute atomic E-state index is 0.0336. The number of carbonyl (C=O) groups is 9. The van der Waals surface area contributed by atoms with Crippen LogP contribution in [0.1, 0.15) is 86.5 Å². The molecule has 0 aromatic heterocycles. The van der Waals surface area contributed by atoms with Gasteiger partial charge >= 0.3 is 5.97 Å². The molecule has 0 aliphatic heterocycles. The van der Waals surface area contributed by atoms with Crippen molar-refractivity contribution in [2.45, 2.75) is 141 Å². The van der Waals surface area contributed by atoms with E-state index in [1.807, 2.05) is 0 Å². The molecule has 0 aliphatic carbocycles. The maximum absolute atomic E-state index is 14.2. The minimum atomic E-state index is -1.38. The monoisotopic (exact) mass is 1110 g/mol. The van der Waals surface area contributed by atoms with Crippen molar-refractivity contribution in [1.82, 2.24) is 42.5 Å². The van der Waals surface area contributed by atoms with Gasteiger partial charge in [0.1, 0.15) is 48.3 Å². The summed E-state index contributed by atoms with van der Waals surface area (Å²) in [6.45, 7) is 10.2. The number of rotatable bonds is 36. The Balaban J connectivity index is 6.55. The number of carbonyl (C=O) groups excluding carboxylic acids is 8. The van der Waals surface area contributed by atoms with E-state index in [1.54, 1.807) is 41.5 Å². The minimum Gasteiger partial charge on any atom is -0.480 e. The van der Waals surface area contributed by atoms with Crippen LogP contribution in [-0.4, -0.2) is 167 Å². The predicted octanol–water partition coefficient (Wildman–Crippen LogP) is -5.42. The standard InChI is InChI=1S/C43H82N18O10S3/c1-7-22(6)31(61-36(66)26(17-72)56-32(62)23(44)11-8-14-51-41(45)46)39(69)57-27(18-73)35(65)60-29(20(2)3)37(67)55-24(12-9-15-52-42(47)48)33(63)54-25(13-10-16-53-43(49)50)34(64)59-30(21(4)5)38(68)58-28(19-74)40(70)71/h20-31,72-74H,7-19,44H2,1-6H3,(H,54,63)(H,55,67)(H,56,62)(H,57,69)(H,58,68)(H,59,64)(H,60,65)(H,61,66)(H,70,71)(H4,45,46,51)(H4,47,48,52)(H4,49,50,53)/t22-,23-,24-,25-,26-,27-,28-,29-,30-,31-/m0/s1. The highest BCUT2D eigenvalue weighted by molar-refractivity contribution is 7.80. The number of nitrogens with zero attached hydrogens (tertiary/aromatic N) is 3. The van der Waals surface area contributed by atoms with Crippen LogP contribution in [0.3, 0.4) is 0 Å². The summed E-state index contributed by atoms with van der Waals surface area (Å²) in [7, 11) is 0. The Morgan fingerprint density at radius 2 is 0.730 bits per heavy atom. The Bertz CT molecular complexity index is 1950. The summed E-state index contributed by atoms with van der Waals surface area (Å²) >= 11 is 12.5. The average molecular weight is 1110 g/mol. The van der Waals surface area contributed by atoms with Crippen molar-refractivity contribution in [1.29, 1.82) is 0 Å². The lowest BCUT2D eigenvalue weighted by Crippen LogP contribution is -2.62. The molecule has 0 aromatic rings. The maximum Gasteiger partial charge on any atom is 0.327 e. The number of aliphatic carboxylic acids is 1. The molecule has 31 heteroatoms. The number of nitrogens with one attached hydrogen (secondary N) is 8. The van der Waals surface area contributed by atoms with Gasteiger partial charge in [-0.05, 0) is 56.3 Å². The van der Waals surface area contributed by atoms with Crippen molar-refractivity contribution in [3.05, 3.63) is 0 Å². The highest BCUT2D eigenvalue weighted by Gasteiger charge is 2.36. The lowest BCUT2D eigenvalue weighted by atomic mass is 9.97. The Hall–Kier alpha value is -5.95. The van der Waals surface area contributed by atoms with Crippen LogP contribution in [0.4, 0.5) is 0 Å². The van der Waals surface area contributed by atoms with Crippen molar-refractivity contribution in [2.24, 2.45) is 72.9 Å². The van der Waals surface area contributed by atoms with Gasteiger partial charge < -0.3 is 87.8 Å². The second-order valence-electron chi connectivity index (χ2n) is 18.0. The molecule has 0 saturated heterocycles. The molecule has 0 rings (SSSR count). The SMILES string of the molecule is CC[C@H](C)[C@H](NC(=O)[C@H](CS)NC(=O)[C@@H](N)CCCN=C(N)N)C(=O)N[C@@H](CS)C(=O)N[C@H](C(=O)N[C@@H](CCCN=C(N)N)C(=O)N[C@@H](CCCN=C(N)N)C(=O)N[C@H](C(=O)N[C@@H](CS)C(=O)O)C(C)C)C(C)C. The number of aliphatic imine (C=N–C) groups is 3. The number of thiol groups is 3. The van der Waals surface area contributed by atoms with Crippen LogP contribution < -0.4 is 82.7 Å². The topological polar surface area (TPSA) is 489 Å². The lowest BCUT2D eigenvalue weighted by molar-refractivity contribution is -0.142. The van der Waals surface area contributed by atoms with Gasteiger partial charge in [0.25, 0.3) is 0 Å². The summed E-state index contributed by atoms with van der Waals surface area (Å²) in [4.78, 5) is 133. The zero-order valence-electron chi connectivity index (χ0n) is 43.0. The zero-order valence-corrected chi connectivity index (χ0v) is 45.7. The molecule has 28 nitrogen and oxygen atoms in total. The average Bonchev–Trinajstić information content (AvgIpc) is 3.33. The van der Waals surface area contributed by atoms with Crippen LogP contribution >= 0.6 is 37.9 Å². The summed E-state index contributed by atoms with van der Waals surface area (Å²) in [5, 5.41) is 30.0. The Labute approximate surface area is 448 Å².